The molecule has 4 aromatic rings. The second-order valence-electron chi connectivity index (χ2n) is 9.65. The normalized spacial score (nSPS) is 26.0. The lowest BCUT2D eigenvalue weighted by Gasteiger charge is -2.48. The molecule has 6 rings (SSSR count). The fourth-order valence-electron chi connectivity index (χ4n) is 4.90. The van der Waals surface area contributed by atoms with E-state index in [1.165, 1.54) is 11.8 Å². The van der Waals surface area contributed by atoms with Gasteiger partial charge in [-0.25, -0.2) is 4.79 Å². The zero-order chi connectivity index (χ0) is 27.1. The molecule has 204 valence electrons. The second-order valence-corrected chi connectivity index (χ2v) is 10.8. The van der Waals surface area contributed by atoms with Gasteiger partial charge >= 0.3 is 5.97 Å². The van der Waals surface area contributed by atoms with E-state index < -0.39 is 42.1 Å². The third kappa shape index (κ3) is 6.30. The highest BCUT2D eigenvalue weighted by Gasteiger charge is 2.52. The maximum Gasteiger partial charge on any atom is 0.338 e. The molecule has 2 aliphatic heterocycles. The number of benzene rings is 4. The van der Waals surface area contributed by atoms with Crippen LogP contribution in [0.25, 0.3) is 0 Å². The number of carbonyl (C=O) groups excluding carboxylic acids is 1. The molecule has 6 atom stereocenters. The van der Waals surface area contributed by atoms with Crippen LogP contribution < -0.4 is 0 Å². The van der Waals surface area contributed by atoms with Crippen LogP contribution in [0, 0.1) is 0 Å². The molecule has 0 spiro atoms. The molecule has 2 aliphatic rings. The maximum atomic E-state index is 13.4. The first kappa shape index (κ1) is 26.7. The summed E-state index contributed by atoms with van der Waals surface area (Å²) in [6.45, 7) is 0.650. The Labute approximate surface area is 238 Å². The minimum absolute atomic E-state index is 0.320. The molecule has 0 aromatic heterocycles. The second kappa shape index (κ2) is 12.8. The van der Waals surface area contributed by atoms with Crippen LogP contribution in [0.4, 0.5) is 0 Å². The quantitative estimate of drug-likeness (QED) is 0.233. The molecule has 2 fully saturated rings. The molecule has 1 unspecified atom stereocenters. The predicted octanol–water partition coefficient (Wildman–Crippen LogP) is 6.43. The molecular formula is C33H30O6S. The Hall–Kier alpha value is -3.46. The van der Waals surface area contributed by atoms with E-state index in [4.69, 9.17) is 23.7 Å². The summed E-state index contributed by atoms with van der Waals surface area (Å²) in [5.41, 5.74) is 1.83. The number of rotatable bonds is 8. The summed E-state index contributed by atoms with van der Waals surface area (Å²) in [7, 11) is 0. The van der Waals surface area contributed by atoms with E-state index in [1.807, 2.05) is 109 Å². The molecule has 40 heavy (non-hydrogen) atoms. The Morgan fingerprint density at radius 1 is 0.750 bits per heavy atom. The Balaban J connectivity index is 1.33. The van der Waals surface area contributed by atoms with Gasteiger partial charge in [0.2, 0.25) is 0 Å². The molecule has 4 aromatic carbocycles. The first-order valence-electron chi connectivity index (χ1n) is 13.4. The van der Waals surface area contributed by atoms with Crippen LogP contribution >= 0.6 is 11.8 Å². The Bertz CT molecular complexity index is 1360. The highest BCUT2D eigenvalue weighted by molar-refractivity contribution is 7.99. The minimum atomic E-state index is -0.752. The molecule has 0 amide bonds. The zero-order valence-corrected chi connectivity index (χ0v) is 22.6. The van der Waals surface area contributed by atoms with Crippen molar-refractivity contribution in [1.82, 2.24) is 0 Å². The number of fused-ring (bicyclic) bond motifs is 1. The predicted molar refractivity (Wildman–Crippen MR) is 152 cm³/mol. The van der Waals surface area contributed by atoms with Crippen LogP contribution in [-0.2, 0) is 30.3 Å². The molecule has 2 heterocycles. The van der Waals surface area contributed by atoms with E-state index in [-0.39, 0.29) is 0 Å². The zero-order valence-electron chi connectivity index (χ0n) is 21.8. The number of hydrogen-bond acceptors (Lipinski definition) is 7. The first-order valence-corrected chi connectivity index (χ1v) is 14.2. The van der Waals surface area contributed by atoms with Gasteiger partial charge in [0.1, 0.15) is 23.7 Å². The van der Waals surface area contributed by atoms with Gasteiger partial charge in [-0.2, -0.15) is 0 Å². The summed E-state index contributed by atoms with van der Waals surface area (Å²) in [5, 5.41) is 0. The summed E-state index contributed by atoms with van der Waals surface area (Å²) >= 11 is 1.50. The number of ether oxygens (including phenoxy) is 5. The van der Waals surface area contributed by atoms with Crippen molar-refractivity contribution >= 4 is 17.7 Å². The van der Waals surface area contributed by atoms with E-state index in [9.17, 15) is 4.79 Å². The number of esters is 1. The van der Waals surface area contributed by atoms with E-state index in [2.05, 4.69) is 0 Å². The van der Waals surface area contributed by atoms with Gasteiger partial charge in [0.05, 0.1) is 18.8 Å². The van der Waals surface area contributed by atoms with Crippen molar-refractivity contribution in [1.29, 1.82) is 0 Å². The molecular weight excluding hydrogens is 524 g/mol. The van der Waals surface area contributed by atoms with Crippen molar-refractivity contribution in [2.45, 2.75) is 47.6 Å². The van der Waals surface area contributed by atoms with E-state index in [1.54, 1.807) is 12.1 Å². The smallest absolute Gasteiger partial charge is 0.338 e. The van der Waals surface area contributed by atoms with Crippen molar-refractivity contribution < 1.29 is 28.5 Å². The Kier molecular flexibility index (Phi) is 8.56. The van der Waals surface area contributed by atoms with Crippen LogP contribution in [0.15, 0.2) is 126 Å². The highest BCUT2D eigenvalue weighted by Crippen LogP contribution is 2.41. The van der Waals surface area contributed by atoms with Crippen molar-refractivity contribution in [3.63, 3.8) is 0 Å². The summed E-state index contributed by atoms with van der Waals surface area (Å²) in [5.74, 6) is -0.439. The van der Waals surface area contributed by atoms with Crippen molar-refractivity contribution in [2.75, 3.05) is 6.61 Å². The molecule has 0 bridgehead atoms. The third-order valence-electron chi connectivity index (χ3n) is 6.89. The highest BCUT2D eigenvalue weighted by atomic mass is 32.2. The van der Waals surface area contributed by atoms with Crippen LogP contribution in [0.1, 0.15) is 27.8 Å². The lowest BCUT2D eigenvalue weighted by molar-refractivity contribution is -0.324. The standard InChI is InChI=1S/C33H30O6S/c34-31(24-15-7-2-8-16-24)38-30-29(35-21-23-13-5-1-6-14-23)28-27(37-33(30)40-26-19-11-4-12-20-26)22-36-32(39-28)25-17-9-3-10-18-25/h1-20,27-30,32-33H,21-22H2/t27-,28+,29+,30-,32?,33+/m1/s1. The fraction of sp³-hybridized carbons (Fsp3) is 0.242. The van der Waals surface area contributed by atoms with Crippen LogP contribution in [0.3, 0.4) is 0 Å². The van der Waals surface area contributed by atoms with E-state index in [0.717, 1.165) is 16.0 Å². The number of thioether (sulfide) groups is 1. The summed E-state index contributed by atoms with van der Waals surface area (Å²) in [6, 6.07) is 38.6. The van der Waals surface area contributed by atoms with Gasteiger partial charge in [-0.05, 0) is 29.8 Å². The van der Waals surface area contributed by atoms with E-state index in [0.29, 0.717) is 18.8 Å². The molecule has 7 heteroatoms. The number of carbonyl (C=O) groups is 1. The molecule has 6 nitrogen and oxygen atoms in total. The average molecular weight is 555 g/mol. The van der Waals surface area contributed by atoms with E-state index >= 15 is 0 Å². The SMILES string of the molecule is O=C(O[C@@H]1[C@@H](OCc2ccccc2)[C@H]2OC(c3ccccc3)OC[C@H]2O[C@H]1Sc1ccccc1)c1ccccc1. The summed E-state index contributed by atoms with van der Waals surface area (Å²) in [6.07, 6.45) is -2.88. The van der Waals surface area contributed by atoms with Crippen LogP contribution in [-0.4, -0.2) is 42.4 Å². The van der Waals surface area contributed by atoms with Crippen molar-refractivity contribution in [2.24, 2.45) is 0 Å². The fourth-order valence-corrected chi connectivity index (χ4v) is 6.03. The monoisotopic (exact) mass is 554 g/mol. The molecule has 0 saturated carbocycles. The molecule has 0 radical (unpaired) electrons. The Morgan fingerprint density at radius 3 is 2.08 bits per heavy atom. The van der Waals surface area contributed by atoms with Gasteiger partial charge in [0.15, 0.2) is 12.4 Å². The maximum absolute atomic E-state index is 13.4. The van der Waals surface area contributed by atoms with Gasteiger partial charge in [-0.3, -0.25) is 0 Å². The van der Waals surface area contributed by atoms with Crippen LogP contribution in [0.5, 0.6) is 0 Å². The third-order valence-corrected chi connectivity index (χ3v) is 8.04. The van der Waals surface area contributed by atoms with Gasteiger partial charge in [0.25, 0.3) is 0 Å². The summed E-state index contributed by atoms with van der Waals surface area (Å²) < 4.78 is 32.0. The minimum Gasteiger partial charge on any atom is -0.452 e. The van der Waals surface area contributed by atoms with Crippen LogP contribution in [0.2, 0.25) is 0 Å². The van der Waals surface area contributed by atoms with Crippen molar-refractivity contribution in [3.8, 4) is 0 Å². The molecule has 2 saturated heterocycles. The summed E-state index contributed by atoms with van der Waals surface area (Å²) in [4.78, 5) is 14.4. The lowest BCUT2D eigenvalue weighted by atomic mass is 9.98. The average Bonchev–Trinajstić information content (AvgIpc) is 3.02. The first-order chi connectivity index (χ1) is 19.7. The van der Waals surface area contributed by atoms with Gasteiger partial charge < -0.3 is 23.7 Å². The molecule has 0 aliphatic carbocycles. The van der Waals surface area contributed by atoms with Crippen molar-refractivity contribution in [3.05, 3.63) is 138 Å². The largest absolute Gasteiger partial charge is 0.452 e. The van der Waals surface area contributed by atoms with Gasteiger partial charge in [-0.15, -0.1) is 0 Å². The number of hydrogen-bond donors (Lipinski definition) is 0. The van der Waals surface area contributed by atoms with Gasteiger partial charge in [0, 0.05) is 10.5 Å². The lowest BCUT2D eigenvalue weighted by Crippen LogP contribution is -2.62. The Morgan fingerprint density at radius 2 is 1.38 bits per heavy atom. The van der Waals surface area contributed by atoms with Gasteiger partial charge in [-0.1, -0.05) is 109 Å². The topological polar surface area (TPSA) is 63.2 Å². The molecule has 0 N–H and O–H groups in total.